The van der Waals surface area contributed by atoms with Gasteiger partial charge in [-0.2, -0.15) is 11.3 Å². The molecule has 6 heteroatoms. The first-order valence-electron chi connectivity index (χ1n) is 8.69. The van der Waals surface area contributed by atoms with Gasteiger partial charge in [0.2, 0.25) is 0 Å². The van der Waals surface area contributed by atoms with Gasteiger partial charge in [-0.3, -0.25) is 4.90 Å². The second-order valence-corrected chi connectivity index (χ2v) is 7.10. The van der Waals surface area contributed by atoms with Gasteiger partial charge in [0.15, 0.2) is 5.96 Å². The standard InChI is InChI=1S/C17H28N4OS/c1-2-18-17(19-11-15-4-10-23-14-15)21-7-5-20(6-8-21)12-16-3-9-22-13-16/h4,10,14,16H,2-3,5-9,11-13H2,1H3,(H,18,19). The Balaban J connectivity index is 1.49. The van der Waals surface area contributed by atoms with Gasteiger partial charge in [-0.25, -0.2) is 4.99 Å². The quantitative estimate of drug-likeness (QED) is 0.658. The van der Waals surface area contributed by atoms with Crippen LogP contribution < -0.4 is 5.32 Å². The summed E-state index contributed by atoms with van der Waals surface area (Å²) in [7, 11) is 0. The molecule has 0 spiro atoms. The Hall–Kier alpha value is -1.11. The Morgan fingerprint density at radius 1 is 1.39 bits per heavy atom. The minimum absolute atomic E-state index is 0.738. The van der Waals surface area contributed by atoms with Gasteiger partial charge >= 0.3 is 0 Å². The number of hydrogen-bond donors (Lipinski definition) is 1. The normalized spacial score (nSPS) is 23.4. The third-order valence-electron chi connectivity index (χ3n) is 4.54. The topological polar surface area (TPSA) is 40.1 Å². The van der Waals surface area contributed by atoms with Crippen molar-refractivity contribution in [2.45, 2.75) is 19.9 Å². The van der Waals surface area contributed by atoms with E-state index in [-0.39, 0.29) is 0 Å². The van der Waals surface area contributed by atoms with Gasteiger partial charge in [0.25, 0.3) is 0 Å². The van der Waals surface area contributed by atoms with Gasteiger partial charge in [0.1, 0.15) is 0 Å². The molecule has 2 aliphatic heterocycles. The van der Waals surface area contributed by atoms with Gasteiger partial charge < -0.3 is 15.0 Å². The van der Waals surface area contributed by atoms with Crippen LogP contribution in [0.3, 0.4) is 0 Å². The van der Waals surface area contributed by atoms with Crippen molar-refractivity contribution in [3.05, 3.63) is 22.4 Å². The maximum Gasteiger partial charge on any atom is 0.194 e. The summed E-state index contributed by atoms with van der Waals surface area (Å²) >= 11 is 1.74. The zero-order chi connectivity index (χ0) is 15.9. The summed E-state index contributed by atoms with van der Waals surface area (Å²) in [5.74, 6) is 1.80. The van der Waals surface area contributed by atoms with E-state index in [1.54, 1.807) is 11.3 Å². The molecule has 0 amide bonds. The van der Waals surface area contributed by atoms with Crippen LogP contribution in [-0.4, -0.2) is 68.2 Å². The molecule has 3 rings (SSSR count). The molecule has 0 bridgehead atoms. The zero-order valence-electron chi connectivity index (χ0n) is 14.0. The van der Waals surface area contributed by atoms with Crippen LogP contribution in [0.2, 0.25) is 0 Å². The highest BCUT2D eigenvalue weighted by Gasteiger charge is 2.23. The minimum atomic E-state index is 0.738. The smallest absolute Gasteiger partial charge is 0.194 e. The van der Waals surface area contributed by atoms with Crippen LogP contribution in [-0.2, 0) is 11.3 Å². The maximum absolute atomic E-state index is 5.49. The van der Waals surface area contributed by atoms with Crippen molar-refractivity contribution in [1.82, 2.24) is 15.1 Å². The fourth-order valence-corrected chi connectivity index (χ4v) is 3.87. The average molecular weight is 337 g/mol. The summed E-state index contributed by atoms with van der Waals surface area (Å²) in [6, 6.07) is 2.15. The number of piperazine rings is 1. The van der Waals surface area contributed by atoms with Crippen LogP contribution in [0.25, 0.3) is 0 Å². The molecular weight excluding hydrogens is 308 g/mol. The van der Waals surface area contributed by atoms with Crippen molar-refractivity contribution in [3.63, 3.8) is 0 Å². The lowest BCUT2D eigenvalue weighted by atomic mass is 10.1. The molecule has 128 valence electrons. The van der Waals surface area contributed by atoms with Crippen molar-refractivity contribution < 1.29 is 4.74 Å². The molecule has 1 N–H and O–H groups in total. The first-order chi connectivity index (χ1) is 11.3. The van der Waals surface area contributed by atoms with E-state index >= 15 is 0 Å². The first kappa shape index (κ1) is 16.7. The highest BCUT2D eigenvalue weighted by atomic mass is 32.1. The van der Waals surface area contributed by atoms with E-state index in [2.05, 4.69) is 38.9 Å². The molecule has 3 heterocycles. The van der Waals surface area contributed by atoms with Crippen LogP contribution in [0.1, 0.15) is 18.9 Å². The number of guanidine groups is 1. The van der Waals surface area contributed by atoms with E-state index in [0.717, 1.165) is 64.4 Å². The minimum Gasteiger partial charge on any atom is -0.381 e. The summed E-state index contributed by atoms with van der Waals surface area (Å²) in [6.45, 7) is 11.3. The number of hydrogen-bond acceptors (Lipinski definition) is 4. The van der Waals surface area contributed by atoms with E-state index < -0.39 is 0 Å². The van der Waals surface area contributed by atoms with Crippen molar-refractivity contribution >= 4 is 17.3 Å². The molecule has 0 aromatic carbocycles. The highest BCUT2D eigenvalue weighted by Crippen LogP contribution is 2.15. The van der Waals surface area contributed by atoms with Gasteiger partial charge in [0.05, 0.1) is 13.2 Å². The third-order valence-corrected chi connectivity index (χ3v) is 5.27. The molecule has 2 aliphatic rings. The number of ether oxygens (including phenoxy) is 1. The van der Waals surface area contributed by atoms with Crippen LogP contribution in [0, 0.1) is 5.92 Å². The molecule has 1 aromatic heterocycles. The number of nitrogens with one attached hydrogen (secondary N) is 1. The van der Waals surface area contributed by atoms with E-state index in [1.165, 1.54) is 18.5 Å². The van der Waals surface area contributed by atoms with Crippen molar-refractivity contribution in [2.75, 3.05) is 52.5 Å². The number of nitrogens with zero attached hydrogens (tertiary/aromatic N) is 3. The maximum atomic E-state index is 5.49. The molecule has 2 saturated heterocycles. The highest BCUT2D eigenvalue weighted by molar-refractivity contribution is 7.07. The zero-order valence-corrected chi connectivity index (χ0v) is 14.9. The summed E-state index contributed by atoms with van der Waals surface area (Å²) < 4.78 is 5.49. The molecule has 5 nitrogen and oxygen atoms in total. The molecule has 23 heavy (non-hydrogen) atoms. The lowest BCUT2D eigenvalue weighted by Gasteiger charge is -2.37. The summed E-state index contributed by atoms with van der Waals surface area (Å²) in [5, 5.41) is 7.73. The first-order valence-corrected chi connectivity index (χ1v) is 9.64. The third kappa shape index (κ3) is 4.93. The lowest BCUT2D eigenvalue weighted by Crippen LogP contribution is -2.53. The molecule has 0 aliphatic carbocycles. The molecule has 1 unspecified atom stereocenters. The lowest BCUT2D eigenvalue weighted by molar-refractivity contribution is 0.139. The van der Waals surface area contributed by atoms with E-state index in [4.69, 9.17) is 9.73 Å². The van der Waals surface area contributed by atoms with E-state index in [1.807, 2.05) is 0 Å². The number of rotatable bonds is 5. The van der Waals surface area contributed by atoms with Crippen LogP contribution in [0.4, 0.5) is 0 Å². The molecular formula is C17H28N4OS. The summed E-state index contributed by atoms with van der Waals surface area (Å²) in [4.78, 5) is 9.79. The van der Waals surface area contributed by atoms with E-state index in [0.29, 0.717) is 0 Å². The fraction of sp³-hybridized carbons (Fsp3) is 0.706. The predicted octanol–water partition coefficient (Wildman–Crippen LogP) is 1.87. The monoisotopic (exact) mass is 336 g/mol. The molecule has 0 saturated carbocycles. The Kier molecular flexibility index (Phi) is 6.30. The molecule has 0 radical (unpaired) electrons. The Labute approximate surface area is 143 Å². The van der Waals surface area contributed by atoms with E-state index in [9.17, 15) is 0 Å². The molecule has 1 aromatic rings. The number of thiophene rings is 1. The Bertz CT molecular complexity index is 477. The van der Waals surface area contributed by atoms with Crippen LogP contribution >= 0.6 is 11.3 Å². The summed E-state index contributed by atoms with van der Waals surface area (Å²) in [5.41, 5.74) is 1.30. The van der Waals surface area contributed by atoms with Crippen LogP contribution in [0.15, 0.2) is 21.8 Å². The largest absolute Gasteiger partial charge is 0.381 e. The van der Waals surface area contributed by atoms with Gasteiger partial charge in [-0.15, -0.1) is 0 Å². The van der Waals surface area contributed by atoms with Gasteiger partial charge in [-0.05, 0) is 41.7 Å². The Morgan fingerprint density at radius 2 is 2.26 bits per heavy atom. The average Bonchev–Trinajstić information content (AvgIpc) is 3.26. The number of aliphatic imine (C=N–C) groups is 1. The van der Waals surface area contributed by atoms with Gasteiger partial charge in [-0.1, -0.05) is 0 Å². The second-order valence-electron chi connectivity index (χ2n) is 6.32. The summed E-state index contributed by atoms with van der Waals surface area (Å²) in [6.07, 6.45) is 1.23. The van der Waals surface area contributed by atoms with Crippen LogP contribution in [0.5, 0.6) is 0 Å². The van der Waals surface area contributed by atoms with Crippen molar-refractivity contribution in [3.8, 4) is 0 Å². The second kappa shape index (κ2) is 8.66. The fourth-order valence-electron chi connectivity index (χ4n) is 3.21. The van der Waals surface area contributed by atoms with Gasteiger partial charge in [0, 0.05) is 45.9 Å². The molecule has 2 fully saturated rings. The molecule has 1 atom stereocenters. The Morgan fingerprint density at radius 3 is 2.91 bits per heavy atom. The predicted molar refractivity (Wildman–Crippen MR) is 96.1 cm³/mol. The SMILES string of the molecule is CCNC(=NCc1ccsc1)N1CCN(CC2CCOC2)CC1. The van der Waals surface area contributed by atoms with Crippen molar-refractivity contribution in [2.24, 2.45) is 10.9 Å². The van der Waals surface area contributed by atoms with Crippen molar-refractivity contribution in [1.29, 1.82) is 0 Å².